The van der Waals surface area contributed by atoms with E-state index < -0.39 is 17.6 Å². The van der Waals surface area contributed by atoms with Crippen LogP contribution in [0.1, 0.15) is 34.7 Å². The summed E-state index contributed by atoms with van der Waals surface area (Å²) in [5.41, 5.74) is 13.2. The van der Waals surface area contributed by atoms with E-state index in [0.717, 1.165) is 18.3 Å². The number of hydrogen-bond acceptors (Lipinski definition) is 6. The second kappa shape index (κ2) is 7.93. The van der Waals surface area contributed by atoms with Gasteiger partial charge in [0.2, 0.25) is 0 Å². The highest BCUT2D eigenvalue weighted by molar-refractivity contribution is 6.04. The Kier molecular flexibility index (Phi) is 5.26. The summed E-state index contributed by atoms with van der Waals surface area (Å²) in [5.74, 6) is 0.0748. The number of aromatic nitrogens is 4. The lowest BCUT2D eigenvalue weighted by molar-refractivity contribution is -0.137. The van der Waals surface area contributed by atoms with Crippen molar-refractivity contribution in [1.82, 2.24) is 19.4 Å². The van der Waals surface area contributed by atoms with Gasteiger partial charge < -0.3 is 16.8 Å². The van der Waals surface area contributed by atoms with E-state index >= 15 is 0 Å². The molecule has 4 rings (SSSR count). The summed E-state index contributed by atoms with van der Waals surface area (Å²) in [6, 6.07) is 7.62. The predicted molar refractivity (Wildman–Crippen MR) is 113 cm³/mol. The van der Waals surface area contributed by atoms with Crippen LogP contribution in [0.25, 0.3) is 16.8 Å². The summed E-state index contributed by atoms with van der Waals surface area (Å²) in [7, 11) is 0. The van der Waals surface area contributed by atoms with Gasteiger partial charge in [0.25, 0.3) is 5.91 Å². The zero-order valence-corrected chi connectivity index (χ0v) is 16.8. The Morgan fingerprint density at radius 3 is 2.50 bits per heavy atom. The number of fused-ring (bicyclic) bond motifs is 1. The molecule has 0 radical (unpaired) electrons. The third-order valence-electron chi connectivity index (χ3n) is 4.77. The van der Waals surface area contributed by atoms with Crippen LogP contribution in [0.3, 0.4) is 0 Å². The van der Waals surface area contributed by atoms with Crippen LogP contribution < -0.4 is 16.8 Å². The number of imidazole rings is 1. The maximum absolute atomic E-state index is 12.9. The Morgan fingerprint density at radius 1 is 1.12 bits per heavy atom. The van der Waals surface area contributed by atoms with Gasteiger partial charge in [0.15, 0.2) is 0 Å². The SMILES string of the molecule is C[C@H](N)c1nc(-c2ccc(C(=O)Nc3cc(C(F)(F)F)ccn3)cc2)c2c(N)nccn12. The number of pyridine rings is 1. The molecule has 0 saturated carbocycles. The highest BCUT2D eigenvalue weighted by Gasteiger charge is 2.31. The number of anilines is 2. The van der Waals surface area contributed by atoms with Gasteiger partial charge in [0.1, 0.15) is 28.7 Å². The fraction of sp³-hybridized carbons (Fsp3) is 0.143. The number of alkyl halides is 3. The van der Waals surface area contributed by atoms with Crippen molar-refractivity contribution in [2.75, 3.05) is 11.1 Å². The molecule has 0 unspecified atom stereocenters. The Morgan fingerprint density at radius 2 is 1.84 bits per heavy atom. The molecule has 1 atom stereocenters. The number of nitrogens with zero attached hydrogens (tertiary/aromatic N) is 4. The molecule has 32 heavy (non-hydrogen) atoms. The number of carbonyl (C=O) groups is 1. The molecule has 0 aliphatic heterocycles. The van der Waals surface area contributed by atoms with Gasteiger partial charge in [-0.3, -0.25) is 9.20 Å². The largest absolute Gasteiger partial charge is 0.416 e. The van der Waals surface area contributed by atoms with Crippen molar-refractivity contribution in [3.8, 4) is 11.3 Å². The molecule has 164 valence electrons. The Hall–Kier alpha value is -3.99. The molecule has 3 aromatic heterocycles. The monoisotopic (exact) mass is 441 g/mol. The van der Waals surface area contributed by atoms with E-state index in [1.165, 1.54) is 12.1 Å². The summed E-state index contributed by atoms with van der Waals surface area (Å²) in [4.78, 5) is 25.0. The highest BCUT2D eigenvalue weighted by Crippen LogP contribution is 2.31. The first-order chi connectivity index (χ1) is 15.1. The summed E-state index contributed by atoms with van der Waals surface area (Å²) in [6.45, 7) is 1.80. The van der Waals surface area contributed by atoms with Crippen LogP contribution in [0.5, 0.6) is 0 Å². The first kappa shape index (κ1) is 21.2. The summed E-state index contributed by atoms with van der Waals surface area (Å²) >= 11 is 0. The summed E-state index contributed by atoms with van der Waals surface area (Å²) < 4.78 is 40.3. The number of carbonyl (C=O) groups excluding carboxylic acids is 1. The molecule has 3 heterocycles. The standard InChI is InChI=1S/C21H18F3N7O/c1-11(25)19-30-16(17-18(26)28-8-9-31(17)19)12-2-4-13(5-3-12)20(32)29-15-10-14(6-7-27-15)21(22,23)24/h2-11H,25H2,1H3,(H2,26,28)(H,27,29,32)/t11-/m0/s1. The molecule has 4 aromatic rings. The maximum atomic E-state index is 12.9. The van der Waals surface area contributed by atoms with E-state index in [1.807, 2.05) is 0 Å². The molecule has 0 spiro atoms. The Bertz CT molecular complexity index is 1300. The molecule has 1 amide bonds. The molecule has 0 aliphatic carbocycles. The third-order valence-corrected chi connectivity index (χ3v) is 4.77. The smallest absolute Gasteiger partial charge is 0.382 e. The van der Waals surface area contributed by atoms with Gasteiger partial charge in [-0.2, -0.15) is 13.2 Å². The molecule has 1 aromatic carbocycles. The highest BCUT2D eigenvalue weighted by atomic mass is 19.4. The van der Waals surface area contributed by atoms with Gasteiger partial charge in [-0.15, -0.1) is 0 Å². The van der Waals surface area contributed by atoms with Gasteiger partial charge in [0.05, 0.1) is 11.6 Å². The van der Waals surface area contributed by atoms with E-state index in [9.17, 15) is 18.0 Å². The van der Waals surface area contributed by atoms with Crippen LogP contribution in [0.4, 0.5) is 24.8 Å². The van der Waals surface area contributed by atoms with Crippen LogP contribution in [-0.4, -0.2) is 25.3 Å². The molecular formula is C21H18F3N7O. The number of benzene rings is 1. The predicted octanol–water partition coefficient (Wildman–Crippen LogP) is 3.66. The van der Waals surface area contributed by atoms with Gasteiger partial charge in [-0.05, 0) is 31.2 Å². The van der Waals surface area contributed by atoms with E-state index in [-0.39, 0.29) is 23.2 Å². The number of nitrogen functional groups attached to an aromatic ring is 1. The number of hydrogen-bond donors (Lipinski definition) is 3. The number of halogens is 3. The number of nitrogens with two attached hydrogens (primary N) is 2. The van der Waals surface area contributed by atoms with Crippen molar-refractivity contribution < 1.29 is 18.0 Å². The summed E-state index contributed by atoms with van der Waals surface area (Å²) in [6.07, 6.45) is -0.284. The summed E-state index contributed by atoms with van der Waals surface area (Å²) in [5, 5.41) is 2.37. The normalized spacial score (nSPS) is 12.7. The lowest BCUT2D eigenvalue weighted by Gasteiger charge is -2.09. The number of amides is 1. The van der Waals surface area contributed by atoms with Gasteiger partial charge in [0, 0.05) is 29.7 Å². The Labute approximate surface area is 180 Å². The van der Waals surface area contributed by atoms with E-state index in [4.69, 9.17) is 11.5 Å². The van der Waals surface area contributed by atoms with Crippen molar-refractivity contribution in [1.29, 1.82) is 0 Å². The zero-order valence-electron chi connectivity index (χ0n) is 16.8. The maximum Gasteiger partial charge on any atom is 0.416 e. The molecule has 11 heteroatoms. The second-order valence-corrected chi connectivity index (χ2v) is 7.10. The average Bonchev–Trinajstić information content (AvgIpc) is 3.15. The molecular weight excluding hydrogens is 423 g/mol. The minimum absolute atomic E-state index is 0.200. The molecule has 0 aliphatic rings. The van der Waals surface area contributed by atoms with E-state index in [2.05, 4.69) is 20.3 Å². The number of rotatable bonds is 4. The topological polar surface area (TPSA) is 124 Å². The minimum Gasteiger partial charge on any atom is -0.382 e. The van der Waals surface area contributed by atoms with Gasteiger partial charge in [-0.1, -0.05) is 12.1 Å². The average molecular weight is 441 g/mol. The fourth-order valence-electron chi connectivity index (χ4n) is 3.25. The van der Waals surface area contributed by atoms with Gasteiger partial charge >= 0.3 is 6.18 Å². The minimum atomic E-state index is -4.53. The van der Waals surface area contributed by atoms with E-state index in [0.29, 0.717) is 22.6 Å². The van der Waals surface area contributed by atoms with Crippen LogP contribution >= 0.6 is 0 Å². The van der Waals surface area contributed by atoms with Gasteiger partial charge in [-0.25, -0.2) is 15.0 Å². The Balaban J connectivity index is 1.63. The van der Waals surface area contributed by atoms with Crippen molar-refractivity contribution >= 4 is 23.1 Å². The quantitative estimate of drug-likeness (QED) is 0.444. The molecule has 0 saturated heterocycles. The van der Waals surface area contributed by atoms with Crippen molar-refractivity contribution in [2.24, 2.45) is 5.73 Å². The van der Waals surface area contributed by atoms with Crippen LogP contribution in [0.2, 0.25) is 0 Å². The first-order valence-electron chi connectivity index (χ1n) is 9.48. The molecule has 0 bridgehead atoms. The first-order valence-corrected chi connectivity index (χ1v) is 9.48. The lowest BCUT2D eigenvalue weighted by atomic mass is 10.1. The second-order valence-electron chi connectivity index (χ2n) is 7.10. The molecule has 0 fully saturated rings. The molecule has 5 N–H and O–H groups in total. The fourth-order valence-corrected chi connectivity index (χ4v) is 3.25. The van der Waals surface area contributed by atoms with Crippen molar-refractivity contribution in [3.05, 3.63) is 71.9 Å². The lowest BCUT2D eigenvalue weighted by Crippen LogP contribution is -2.14. The third kappa shape index (κ3) is 3.97. The zero-order chi connectivity index (χ0) is 23.0. The van der Waals surface area contributed by atoms with Crippen LogP contribution in [-0.2, 0) is 6.18 Å². The van der Waals surface area contributed by atoms with Crippen LogP contribution in [0, 0.1) is 0 Å². The van der Waals surface area contributed by atoms with E-state index in [1.54, 1.807) is 35.9 Å². The van der Waals surface area contributed by atoms with Crippen molar-refractivity contribution in [3.63, 3.8) is 0 Å². The number of nitrogens with one attached hydrogen (secondary N) is 1. The molecule has 8 nitrogen and oxygen atoms in total. The van der Waals surface area contributed by atoms with Crippen LogP contribution in [0.15, 0.2) is 55.0 Å². The van der Waals surface area contributed by atoms with Crippen molar-refractivity contribution in [2.45, 2.75) is 19.1 Å².